The number of aryl methyl sites for hydroxylation is 1. The number of likely N-dealkylation sites (N-methyl/N-ethyl adjacent to an activating group) is 1. The lowest BCUT2D eigenvalue weighted by Gasteiger charge is -2.35. The van der Waals surface area contributed by atoms with Crippen molar-refractivity contribution in [3.63, 3.8) is 0 Å². The van der Waals surface area contributed by atoms with E-state index in [0.29, 0.717) is 25.2 Å². The quantitative estimate of drug-likeness (QED) is 0.754. The predicted octanol–water partition coefficient (Wildman–Crippen LogP) is 1.93. The van der Waals surface area contributed by atoms with Gasteiger partial charge in [-0.3, -0.25) is 9.59 Å². The third-order valence-electron chi connectivity index (χ3n) is 4.96. The van der Waals surface area contributed by atoms with Crippen LogP contribution < -0.4 is 10.1 Å². The molecule has 150 valence electrons. The van der Waals surface area contributed by atoms with Crippen LogP contribution in [0, 0.1) is 5.92 Å². The van der Waals surface area contributed by atoms with E-state index in [1.807, 2.05) is 29.2 Å². The van der Waals surface area contributed by atoms with Gasteiger partial charge in [-0.25, -0.2) is 0 Å². The van der Waals surface area contributed by atoms with Gasteiger partial charge in [0.25, 0.3) is 0 Å². The Labute approximate surface area is 162 Å². The molecule has 1 saturated heterocycles. The number of ether oxygens (including phenoxy) is 1. The highest BCUT2D eigenvalue weighted by atomic mass is 16.5. The van der Waals surface area contributed by atoms with Gasteiger partial charge in [-0.05, 0) is 43.5 Å². The number of methoxy groups -OCH3 is 1. The maximum Gasteiger partial charge on any atom is 0.245 e. The molecule has 0 aliphatic carbocycles. The van der Waals surface area contributed by atoms with E-state index < -0.39 is 6.04 Å². The Morgan fingerprint density at radius 1 is 1.11 bits per heavy atom. The predicted molar refractivity (Wildman–Crippen MR) is 107 cm³/mol. The molecule has 1 N–H and O–H groups in total. The van der Waals surface area contributed by atoms with E-state index in [4.69, 9.17) is 4.74 Å². The summed E-state index contributed by atoms with van der Waals surface area (Å²) in [5.74, 6) is 1.12. The molecule has 1 aliphatic heterocycles. The lowest BCUT2D eigenvalue weighted by Crippen LogP contribution is -2.54. The normalized spacial score (nSPS) is 16.3. The van der Waals surface area contributed by atoms with Crippen LogP contribution in [-0.2, 0) is 16.0 Å². The summed E-state index contributed by atoms with van der Waals surface area (Å²) in [5.41, 5.74) is 1.08. The fourth-order valence-electron chi connectivity index (χ4n) is 3.26. The minimum Gasteiger partial charge on any atom is -0.497 e. The zero-order valence-corrected chi connectivity index (χ0v) is 17.0. The molecule has 1 aromatic carbocycles. The number of carbonyl (C=O) groups excluding carboxylic acids is 2. The molecule has 2 amide bonds. The molecule has 0 saturated carbocycles. The molecule has 1 atom stereocenters. The van der Waals surface area contributed by atoms with Crippen molar-refractivity contribution in [1.82, 2.24) is 15.1 Å². The topological polar surface area (TPSA) is 61.9 Å². The molecule has 2 rings (SSSR count). The smallest absolute Gasteiger partial charge is 0.245 e. The Balaban J connectivity index is 1.89. The molecule has 1 aliphatic rings. The number of hydrogen-bond donors (Lipinski definition) is 1. The van der Waals surface area contributed by atoms with Gasteiger partial charge in [0, 0.05) is 32.6 Å². The number of hydrogen-bond acceptors (Lipinski definition) is 4. The summed E-state index contributed by atoms with van der Waals surface area (Å²) in [6.07, 6.45) is 1.68. The Bertz CT molecular complexity index is 608. The highest BCUT2D eigenvalue weighted by Crippen LogP contribution is 2.14. The molecule has 0 radical (unpaired) electrons. The Kier molecular flexibility index (Phi) is 8.10. The molecule has 0 aromatic heterocycles. The van der Waals surface area contributed by atoms with Crippen molar-refractivity contribution in [1.29, 1.82) is 0 Å². The summed E-state index contributed by atoms with van der Waals surface area (Å²) in [6.45, 7) is 7.37. The fourth-order valence-corrected chi connectivity index (χ4v) is 3.26. The summed E-state index contributed by atoms with van der Waals surface area (Å²) in [7, 11) is 3.70. The van der Waals surface area contributed by atoms with Crippen LogP contribution in [0.25, 0.3) is 0 Å². The minimum absolute atomic E-state index is 0.0506. The average molecular weight is 376 g/mol. The first kappa shape index (κ1) is 21.2. The van der Waals surface area contributed by atoms with Crippen LogP contribution in [0.4, 0.5) is 0 Å². The largest absolute Gasteiger partial charge is 0.497 e. The molecular formula is C21H33N3O3. The third kappa shape index (κ3) is 6.86. The van der Waals surface area contributed by atoms with Crippen LogP contribution in [0.15, 0.2) is 24.3 Å². The molecule has 6 heteroatoms. The van der Waals surface area contributed by atoms with Gasteiger partial charge in [-0.1, -0.05) is 26.0 Å². The SMILES string of the molecule is COc1ccc(CCC(=O)N[C@H](CC(C)C)C(=O)N2CCN(C)CC2)cc1. The number of benzene rings is 1. The highest BCUT2D eigenvalue weighted by molar-refractivity contribution is 5.87. The van der Waals surface area contributed by atoms with Crippen molar-refractivity contribution >= 4 is 11.8 Å². The first-order valence-electron chi connectivity index (χ1n) is 9.78. The number of carbonyl (C=O) groups is 2. The van der Waals surface area contributed by atoms with E-state index in [2.05, 4.69) is 31.1 Å². The monoisotopic (exact) mass is 375 g/mol. The van der Waals surface area contributed by atoms with Crippen molar-refractivity contribution in [2.45, 2.75) is 39.2 Å². The number of nitrogens with zero attached hydrogens (tertiary/aromatic N) is 2. The second kappa shape index (κ2) is 10.3. The highest BCUT2D eigenvalue weighted by Gasteiger charge is 2.28. The van der Waals surface area contributed by atoms with E-state index >= 15 is 0 Å². The maximum atomic E-state index is 12.9. The molecule has 0 bridgehead atoms. The number of nitrogens with one attached hydrogen (secondary N) is 1. The van der Waals surface area contributed by atoms with E-state index in [1.165, 1.54) is 0 Å². The number of rotatable bonds is 8. The second-order valence-corrected chi connectivity index (χ2v) is 7.73. The Morgan fingerprint density at radius 3 is 2.30 bits per heavy atom. The first-order valence-corrected chi connectivity index (χ1v) is 9.78. The van der Waals surface area contributed by atoms with Gasteiger partial charge in [0.2, 0.25) is 11.8 Å². The van der Waals surface area contributed by atoms with Crippen LogP contribution in [0.1, 0.15) is 32.3 Å². The molecule has 6 nitrogen and oxygen atoms in total. The molecular weight excluding hydrogens is 342 g/mol. The Morgan fingerprint density at radius 2 is 1.74 bits per heavy atom. The van der Waals surface area contributed by atoms with E-state index in [-0.39, 0.29) is 11.8 Å². The van der Waals surface area contributed by atoms with Crippen molar-refractivity contribution in [2.75, 3.05) is 40.3 Å². The average Bonchev–Trinajstić information content (AvgIpc) is 2.66. The molecule has 1 fully saturated rings. The summed E-state index contributed by atoms with van der Waals surface area (Å²) in [6, 6.07) is 7.29. The van der Waals surface area contributed by atoms with Gasteiger partial charge < -0.3 is 19.9 Å². The van der Waals surface area contributed by atoms with Crippen LogP contribution in [0.3, 0.4) is 0 Å². The summed E-state index contributed by atoms with van der Waals surface area (Å²) < 4.78 is 5.15. The lowest BCUT2D eigenvalue weighted by molar-refractivity contribution is -0.138. The molecule has 0 unspecified atom stereocenters. The minimum atomic E-state index is -0.434. The summed E-state index contributed by atoms with van der Waals surface area (Å²) >= 11 is 0. The third-order valence-corrected chi connectivity index (χ3v) is 4.96. The fraction of sp³-hybridized carbons (Fsp3) is 0.619. The zero-order chi connectivity index (χ0) is 19.8. The Hall–Kier alpha value is -2.08. The van der Waals surface area contributed by atoms with Crippen molar-refractivity contribution in [3.05, 3.63) is 29.8 Å². The van der Waals surface area contributed by atoms with Gasteiger partial charge in [-0.15, -0.1) is 0 Å². The number of amides is 2. The summed E-state index contributed by atoms with van der Waals surface area (Å²) in [4.78, 5) is 29.5. The first-order chi connectivity index (χ1) is 12.9. The van der Waals surface area contributed by atoms with Crippen molar-refractivity contribution in [2.24, 2.45) is 5.92 Å². The summed E-state index contributed by atoms with van der Waals surface area (Å²) in [5, 5.41) is 2.98. The lowest BCUT2D eigenvalue weighted by atomic mass is 10.0. The van der Waals surface area contributed by atoms with Crippen LogP contribution >= 0.6 is 0 Å². The maximum absolute atomic E-state index is 12.9. The second-order valence-electron chi connectivity index (χ2n) is 7.73. The van der Waals surface area contributed by atoms with Crippen LogP contribution in [0.2, 0.25) is 0 Å². The van der Waals surface area contributed by atoms with Crippen LogP contribution in [0.5, 0.6) is 5.75 Å². The van der Waals surface area contributed by atoms with E-state index in [0.717, 1.165) is 37.5 Å². The van der Waals surface area contributed by atoms with Crippen molar-refractivity contribution in [3.8, 4) is 5.75 Å². The van der Waals surface area contributed by atoms with Gasteiger partial charge in [0.05, 0.1) is 7.11 Å². The van der Waals surface area contributed by atoms with E-state index in [1.54, 1.807) is 7.11 Å². The van der Waals surface area contributed by atoms with E-state index in [9.17, 15) is 9.59 Å². The molecule has 1 heterocycles. The van der Waals surface area contributed by atoms with Crippen LogP contribution in [-0.4, -0.2) is 68.0 Å². The zero-order valence-electron chi connectivity index (χ0n) is 17.0. The van der Waals surface area contributed by atoms with Gasteiger partial charge >= 0.3 is 0 Å². The van der Waals surface area contributed by atoms with Gasteiger partial charge in [0.15, 0.2) is 0 Å². The van der Waals surface area contributed by atoms with Gasteiger partial charge in [-0.2, -0.15) is 0 Å². The standard InChI is InChI=1S/C21H33N3O3/c1-16(2)15-19(21(26)24-13-11-23(3)12-14-24)22-20(25)10-7-17-5-8-18(27-4)9-6-17/h5-6,8-9,16,19H,7,10-15H2,1-4H3,(H,22,25)/t19-/m1/s1. The van der Waals surface area contributed by atoms with Crippen molar-refractivity contribution < 1.29 is 14.3 Å². The molecule has 1 aromatic rings. The number of piperazine rings is 1. The van der Waals surface area contributed by atoms with Gasteiger partial charge in [0.1, 0.15) is 11.8 Å². The molecule has 27 heavy (non-hydrogen) atoms. The molecule has 0 spiro atoms.